The van der Waals surface area contributed by atoms with Crippen LogP contribution in [0.5, 0.6) is 5.75 Å². The molecule has 5 nitrogen and oxygen atoms in total. The number of rotatable bonds is 7. The Balaban J connectivity index is 1.70. The Morgan fingerprint density at radius 2 is 2.05 bits per heavy atom. The van der Waals surface area contributed by atoms with Gasteiger partial charge in [0.05, 0.1) is 12.3 Å². The number of aldehydes is 1. The van der Waals surface area contributed by atoms with E-state index in [0.29, 0.717) is 17.3 Å². The number of carbonyl (C=O) groups is 1. The minimum atomic E-state index is 0.405. The molecule has 0 aliphatic heterocycles. The molecule has 0 amide bonds. The normalized spacial score (nSPS) is 10.5. The topological polar surface area (TPSA) is 57.0 Å². The predicted molar refractivity (Wildman–Crippen MR) is 76.3 cm³/mol. The maximum Gasteiger partial charge on any atom is 0.172 e. The van der Waals surface area contributed by atoms with Crippen molar-refractivity contribution in [3.63, 3.8) is 0 Å². The van der Waals surface area contributed by atoms with Gasteiger partial charge in [0, 0.05) is 11.6 Å². The van der Waals surface area contributed by atoms with Crippen LogP contribution in [0.15, 0.2) is 24.3 Å². The van der Waals surface area contributed by atoms with Crippen LogP contribution < -0.4 is 4.74 Å². The van der Waals surface area contributed by atoms with Gasteiger partial charge in [0.1, 0.15) is 11.4 Å². The summed E-state index contributed by atoms with van der Waals surface area (Å²) in [5, 5.41) is 8.42. The van der Waals surface area contributed by atoms with Crippen LogP contribution >= 0.6 is 11.6 Å². The van der Waals surface area contributed by atoms with E-state index in [-0.39, 0.29) is 0 Å². The maximum absolute atomic E-state index is 10.7. The smallest absolute Gasteiger partial charge is 0.172 e. The molecule has 106 valence electrons. The van der Waals surface area contributed by atoms with Crippen LogP contribution in [-0.4, -0.2) is 27.9 Å². The van der Waals surface area contributed by atoms with Gasteiger partial charge in [-0.15, -0.1) is 5.10 Å². The first-order valence-electron chi connectivity index (χ1n) is 6.44. The molecule has 2 rings (SSSR count). The second-order valence-corrected chi connectivity index (χ2v) is 4.85. The van der Waals surface area contributed by atoms with Gasteiger partial charge in [0.2, 0.25) is 0 Å². The summed E-state index contributed by atoms with van der Waals surface area (Å²) < 4.78 is 7.34. The van der Waals surface area contributed by atoms with E-state index in [1.54, 1.807) is 16.8 Å². The molecule has 1 heterocycles. The quantitative estimate of drug-likeness (QED) is 0.582. The van der Waals surface area contributed by atoms with Crippen LogP contribution in [0.25, 0.3) is 0 Å². The lowest BCUT2D eigenvalue weighted by Gasteiger charge is -2.06. The molecular formula is C14H16ClN3O2. The third-order valence-corrected chi connectivity index (χ3v) is 3.23. The van der Waals surface area contributed by atoms with Gasteiger partial charge in [-0.1, -0.05) is 16.8 Å². The van der Waals surface area contributed by atoms with Crippen molar-refractivity contribution < 1.29 is 9.53 Å². The van der Waals surface area contributed by atoms with E-state index >= 15 is 0 Å². The molecule has 1 aromatic heterocycles. The third-order valence-electron chi connectivity index (χ3n) is 2.98. The van der Waals surface area contributed by atoms with Crippen LogP contribution in [0.4, 0.5) is 0 Å². The second kappa shape index (κ2) is 7.05. The van der Waals surface area contributed by atoms with Crippen LogP contribution in [-0.2, 0) is 6.54 Å². The summed E-state index contributed by atoms with van der Waals surface area (Å²) in [6.45, 7) is 3.21. The monoisotopic (exact) mass is 293 g/mol. The van der Waals surface area contributed by atoms with Crippen molar-refractivity contribution in [1.82, 2.24) is 15.0 Å². The molecule has 0 atom stereocenters. The molecule has 1 aromatic carbocycles. The molecule has 0 unspecified atom stereocenters. The van der Waals surface area contributed by atoms with Gasteiger partial charge in [-0.05, 0) is 44.0 Å². The maximum atomic E-state index is 10.7. The third kappa shape index (κ3) is 3.81. The summed E-state index contributed by atoms with van der Waals surface area (Å²) in [5.41, 5.74) is 1.21. The fourth-order valence-electron chi connectivity index (χ4n) is 1.78. The molecule has 0 N–H and O–H groups in total. The lowest BCUT2D eigenvalue weighted by molar-refractivity contribution is 0.111. The first-order chi connectivity index (χ1) is 9.70. The number of ether oxygens (including phenoxy) is 1. The lowest BCUT2D eigenvalue weighted by Crippen LogP contribution is -2.05. The van der Waals surface area contributed by atoms with Gasteiger partial charge in [-0.25, -0.2) is 4.68 Å². The zero-order valence-electron chi connectivity index (χ0n) is 11.3. The Hall–Kier alpha value is -1.88. The fraction of sp³-hybridized carbons (Fsp3) is 0.357. The number of hydrogen-bond acceptors (Lipinski definition) is 4. The molecule has 2 aromatic rings. The Labute approximate surface area is 122 Å². The zero-order valence-corrected chi connectivity index (χ0v) is 12.0. The largest absolute Gasteiger partial charge is 0.494 e. The van der Waals surface area contributed by atoms with Gasteiger partial charge in [-0.3, -0.25) is 4.79 Å². The van der Waals surface area contributed by atoms with E-state index in [1.165, 1.54) is 0 Å². The van der Waals surface area contributed by atoms with Gasteiger partial charge in [0.15, 0.2) is 6.29 Å². The highest BCUT2D eigenvalue weighted by atomic mass is 35.5. The molecule has 0 bridgehead atoms. The SMILES string of the molecule is Cc1c(C=O)nnn1CCCCOc1ccc(Cl)cc1. The number of unbranched alkanes of at least 4 members (excludes halogenated alkanes) is 1. The van der Waals surface area contributed by atoms with Crippen LogP contribution in [0.1, 0.15) is 29.0 Å². The average molecular weight is 294 g/mol. The van der Waals surface area contributed by atoms with Crippen LogP contribution in [0, 0.1) is 6.92 Å². The number of carbonyl (C=O) groups excluding carboxylic acids is 1. The van der Waals surface area contributed by atoms with Crippen LogP contribution in [0.3, 0.4) is 0 Å². The van der Waals surface area contributed by atoms with Gasteiger partial charge in [0.25, 0.3) is 0 Å². The van der Waals surface area contributed by atoms with E-state index in [1.807, 2.05) is 19.1 Å². The molecule has 6 heteroatoms. The Bertz CT molecular complexity index is 566. The molecular weight excluding hydrogens is 278 g/mol. The summed E-state index contributed by atoms with van der Waals surface area (Å²) in [7, 11) is 0. The van der Waals surface area contributed by atoms with E-state index in [0.717, 1.165) is 37.1 Å². The standard InChI is InChI=1S/C14H16ClN3O2/c1-11-14(10-19)16-17-18(11)8-2-3-9-20-13-6-4-12(15)5-7-13/h4-7,10H,2-3,8-9H2,1H3. The fourth-order valence-corrected chi connectivity index (χ4v) is 1.91. The number of aryl methyl sites for hydroxylation is 1. The summed E-state index contributed by atoms with van der Waals surface area (Å²) in [6, 6.07) is 7.30. The van der Waals surface area contributed by atoms with Crippen molar-refractivity contribution >= 4 is 17.9 Å². The summed E-state index contributed by atoms with van der Waals surface area (Å²) in [4.78, 5) is 10.7. The number of hydrogen-bond donors (Lipinski definition) is 0. The molecule has 0 saturated heterocycles. The summed E-state index contributed by atoms with van der Waals surface area (Å²) >= 11 is 5.80. The Morgan fingerprint density at radius 3 is 2.70 bits per heavy atom. The van der Waals surface area contributed by atoms with E-state index in [4.69, 9.17) is 16.3 Å². The number of nitrogens with zero attached hydrogens (tertiary/aromatic N) is 3. The number of halogens is 1. The average Bonchev–Trinajstić information content (AvgIpc) is 2.81. The first-order valence-corrected chi connectivity index (χ1v) is 6.82. The second-order valence-electron chi connectivity index (χ2n) is 4.41. The van der Waals surface area contributed by atoms with E-state index < -0.39 is 0 Å². The number of aromatic nitrogens is 3. The highest BCUT2D eigenvalue weighted by Crippen LogP contribution is 2.15. The van der Waals surface area contributed by atoms with Crippen molar-refractivity contribution in [2.45, 2.75) is 26.3 Å². The van der Waals surface area contributed by atoms with Crippen molar-refractivity contribution in [2.24, 2.45) is 0 Å². The number of benzene rings is 1. The Kier molecular flexibility index (Phi) is 5.12. The molecule has 0 aliphatic carbocycles. The van der Waals surface area contributed by atoms with E-state index in [9.17, 15) is 4.79 Å². The van der Waals surface area contributed by atoms with E-state index in [2.05, 4.69) is 10.3 Å². The van der Waals surface area contributed by atoms with Crippen molar-refractivity contribution in [3.8, 4) is 5.75 Å². The summed E-state index contributed by atoms with van der Waals surface area (Å²) in [6.07, 6.45) is 2.54. The highest BCUT2D eigenvalue weighted by molar-refractivity contribution is 6.30. The minimum absolute atomic E-state index is 0.405. The minimum Gasteiger partial charge on any atom is -0.494 e. The molecule has 0 aliphatic rings. The zero-order chi connectivity index (χ0) is 14.4. The Morgan fingerprint density at radius 1 is 1.30 bits per heavy atom. The van der Waals surface area contributed by atoms with Gasteiger partial charge in [-0.2, -0.15) is 0 Å². The molecule has 0 spiro atoms. The highest BCUT2D eigenvalue weighted by Gasteiger charge is 2.06. The molecule has 20 heavy (non-hydrogen) atoms. The predicted octanol–water partition coefficient (Wildman–Crippen LogP) is 2.91. The summed E-state index contributed by atoms with van der Waals surface area (Å²) in [5.74, 6) is 0.814. The van der Waals surface area contributed by atoms with Crippen LogP contribution in [0.2, 0.25) is 5.02 Å². The molecule has 0 fully saturated rings. The lowest BCUT2D eigenvalue weighted by atomic mass is 10.3. The van der Waals surface area contributed by atoms with Crippen molar-refractivity contribution in [1.29, 1.82) is 0 Å². The molecule has 0 saturated carbocycles. The van der Waals surface area contributed by atoms with Crippen molar-refractivity contribution in [2.75, 3.05) is 6.61 Å². The van der Waals surface area contributed by atoms with Gasteiger partial charge < -0.3 is 4.74 Å². The van der Waals surface area contributed by atoms with Gasteiger partial charge >= 0.3 is 0 Å². The molecule has 0 radical (unpaired) electrons. The van der Waals surface area contributed by atoms with Crippen molar-refractivity contribution in [3.05, 3.63) is 40.7 Å². The first kappa shape index (κ1) is 14.5.